The van der Waals surface area contributed by atoms with Gasteiger partial charge in [-0.05, 0) is 0 Å². The average Bonchev–Trinajstić information content (AvgIpc) is 2.30. The molecule has 0 aliphatic carbocycles. The van der Waals surface area contributed by atoms with Crippen LogP contribution in [0.4, 0.5) is 5.69 Å². The second kappa shape index (κ2) is 4.15. The van der Waals surface area contributed by atoms with Crippen molar-refractivity contribution in [2.45, 2.75) is 0 Å². The summed E-state index contributed by atoms with van der Waals surface area (Å²) in [6.07, 6.45) is 0. The van der Waals surface area contributed by atoms with Crippen molar-refractivity contribution in [3.63, 3.8) is 0 Å². The zero-order valence-electron chi connectivity index (χ0n) is 8.94. The fourth-order valence-electron chi connectivity index (χ4n) is 1.54. The summed E-state index contributed by atoms with van der Waals surface area (Å²) in [6.45, 7) is 0. The Labute approximate surface area is 103 Å². The van der Waals surface area contributed by atoms with Gasteiger partial charge in [-0.3, -0.25) is 19.7 Å². The Bertz CT molecular complexity index is 763. The predicted molar refractivity (Wildman–Crippen MR) is 63.4 cm³/mol. The third-order valence-corrected chi connectivity index (χ3v) is 2.60. The van der Waals surface area contributed by atoms with E-state index < -0.39 is 21.7 Å². The first kappa shape index (κ1) is 12.1. The van der Waals surface area contributed by atoms with Crippen molar-refractivity contribution in [1.29, 1.82) is 0 Å². The van der Waals surface area contributed by atoms with Gasteiger partial charge < -0.3 is 14.7 Å². The summed E-state index contributed by atoms with van der Waals surface area (Å²) < 4.78 is 4.83. The van der Waals surface area contributed by atoms with E-state index in [0.717, 1.165) is 0 Å². The number of H-pyrrole nitrogens is 2. The van der Waals surface area contributed by atoms with Gasteiger partial charge in [0.1, 0.15) is 5.52 Å². The minimum absolute atomic E-state index is 0.0197. The third kappa shape index (κ3) is 1.72. The third-order valence-electron chi connectivity index (χ3n) is 2.30. The van der Waals surface area contributed by atoms with Crippen LogP contribution in [-0.4, -0.2) is 22.0 Å². The van der Waals surface area contributed by atoms with E-state index in [-0.39, 0.29) is 21.8 Å². The van der Waals surface area contributed by atoms with Crippen molar-refractivity contribution < 1.29 is 9.66 Å². The Morgan fingerprint density at radius 1 is 1.28 bits per heavy atom. The summed E-state index contributed by atoms with van der Waals surface area (Å²) in [6, 6.07) is 1.19. The van der Waals surface area contributed by atoms with Crippen LogP contribution >= 0.6 is 11.6 Å². The van der Waals surface area contributed by atoms with Gasteiger partial charge in [0, 0.05) is 6.07 Å². The normalized spacial score (nSPS) is 10.6. The van der Waals surface area contributed by atoms with Gasteiger partial charge >= 0.3 is 16.8 Å². The highest BCUT2D eigenvalue weighted by molar-refractivity contribution is 6.35. The molecule has 0 spiro atoms. The number of methoxy groups -OCH3 is 1. The lowest BCUT2D eigenvalue weighted by Crippen LogP contribution is -2.29. The highest BCUT2D eigenvalue weighted by Gasteiger charge is 2.23. The summed E-state index contributed by atoms with van der Waals surface area (Å²) in [7, 11) is 1.23. The van der Waals surface area contributed by atoms with Crippen molar-refractivity contribution in [1.82, 2.24) is 9.97 Å². The summed E-state index contributed by atoms with van der Waals surface area (Å²) in [4.78, 5) is 36.9. The molecule has 2 N–H and O–H groups in total. The number of aromatic amines is 2. The molecule has 0 aliphatic rings. The van der Waals surface area contributed by atoms with E-state index in [1.165, 1.54) is 13.2 Å². The summed E-state index contributed by atoms with van der Waals surface area (Å²) in [5.74, 6) is -0.111. The lowest BCUT2D eigenvalue weighted by Gasteiger charge is -2.06. The fraction of sp³-hybridized carbons (Fsp3) is 0.111. The molecule has 0 radical (unpaired) electrons. The van der Waals surface area contributed by atoms with Crippen LogP contribution in [0.2, 0.25) is 5.02 Å². The van der Waals surface area contributed by atoms with Crippen LogP contribution < -0.4 is 15.9 Å². The number of halogens is 1. The van der Waals surface area contributed by atoms with E-state index >= 15 is 0 Å². The molecule has 9 heteroatoms. The van der Waals surface area contributed by atoms with Crippen LogP contribution in [0.5, 0.6) is 5.75 Å². The molecule has 0 unspecified atom stereocenters. The lowest BCUT2D eigenvalue weighted by atomic mass is 10.2. The van der Waals surface area contributed by atoms with Gasteiger partial charge in [0.05, 0.1) is 22.6 Å². The van der Waals surface area contributed by atoms with Crippen LogP contribution in [-0.2, 0) is 0 Å². The van der Waals surface area contributed by atoms with E-state index in [2.05, 4.69) is 9.97 Å². The molecule has 0 saturated heterocycles. The largest absolute Gasteiger partial charge is 0.490 e. The number of rotatable bonds is 2. The van der Waals surface area contributed by atoms with Crippen LogP contribution in [0.3, 0.4) is 0 Å². The summed E-state index contributed by atoms with van der Waals surface area (Å²) in [5.41, 5.74) is -2.62. The van der Waals surface area contributed by atoms with Crippen LogP contribution in [0.1, 0.15) is 0 Å². The number of nitro benzene ring substituents is 1. The van der Waals surface area contributed by atoms with Crippen LogP contribution in [0, 0.1) is 10.1 Å². The van der Waals surface area contributed by atoms with E-state index in [9.17, 15) is 19.7 Å². The minimum Gasteiger partial charge on any atom is -0.490 e. The SMILES string of the molecule is COc1cc(Cl)c2[nH]c(=O)c(=O)[nH]c2c1[N+](=O)[O-]. The molecule has 1 heterocycles. The topological polar surface area (TPSA) is 118 Å². The van der Waals surface area contributed by atoms with Crippen molar-refractivity contribution >= 4 is 28.3 Å². The number of ether oxygens (including phenoxy) is 1. The number of fused-ring (bicyclic) bond motifs is 1. The predicted octanol–water partition coefficient (Wildman–Crippen LogP) is 0.787. The van der Waals surface area contributed by atoms with E-state index in [1.54, 1.807) is 0 Å². The van der Waals surface area contributed by atoms with Crippen LogP contribution in [0.15, 0.2) is 15.7 Å². The molecule has 8 nitrogen and oxygen atoms in total. The van der Waals surface area contributed by atoms with Gasteiger partial charge in [-0.25, -0.2) is 0 Å². The molecular weight excluding hydrogens is 266 g/mol. The Kier molecular flexibility index (Phi) is 2.79. The molecule has 0 atom stereocenters. The first-order chi connectivity index (χ1) is 8.45. The second-order valence-corrected chi connectivity index (χ2v) is 3.73. The highest BCUT2D eigenvalue weighted by Crippen LogP contribution is 2.36. The quantitative estimate of drug-likeness (QED) is 0.475. The van der Waals surface area contributed by atoms with E-state index in [4.69, 9.17) is 16.3 Å². The number of benzene rings is 1. The van der Waals surface area contributed by atoms with Gasteiger partial charge in [-0.1, -0.05) is 11.6 Å². The minimum atomic E-state index is -1.00. The maximum absolute atomic E-state index is 11.2. The zero-order chi connectivity index (χ0) is 13.4. The van der Waals surface area contributed by atoms with Gasteiger partial charge in [-0.2, -0.15) is 0 Å². The van der Waals surface area contributed by atoms with Gasteiger partial charge in [0.15, 0.2) is 0 Å². The molecule has 0 amide bonds. The van der Waals surface area contributed by atoms with E-state index in [0.29, 0.717) is 0 Å². The number of nitrogens with one attached hydrogen (secondary N) is 2. The first-order valence-electron chi connectivity index (χ1n) is 4.63. The monoisotopic (exact) mass is 271 g/mol. The standard InChI is InChI=1S/C9H6ClN3O5/c1-18-4-2-3(10)5-6(7(4)13(16)17)12-9(15)8(14)11-5/h2H,1H3,(H,11,14)(H,12,15). The number of aromatic nitrogens is 2. The number of hydrogen-bond acceptors (Lipinski definition) is 5. The van der Waals surface area contributed by atoms with Crippen molar-refractivity contribution in [2.24, 2.45) is 0 Å². The maximum Gasteiger partial charge on any atom is 0.336 e. The molecule has 18 heavy (non-hydrogen) atoms. The smallest absolute Gasteiger partial charge is 0.336 e. The molecule has 1 aromatic heterocycles. The van der Waals surface area contributed by atoms with Gasteiger partial charge in [-0.15, -0.1) is 0 Å². The molecule has 0 saturated carbocycles. The van der Waals surface area contributed by atoms with Crippen molar-refractivity contribution in [3.05, 3.63) is 41.9 Å². The Balaban J connectivity index is 3.07. The molecule has 94 valence electrons. The van der Waals surface area contributed by atoms with Gasteiger partial charge in [0.25, 0.3) is 0 Å². The van der Waals surface area contributed by atoms with Gasteiger partial charge in [0.2, 0.25) is 5.75 Å². The maximum atomic E-state index is 11.2. The number of nitro groups is 1. The lowest BCUT2D eigenvalue weighted by molar-refractivity contribution is -0.384. The molecule has 2 aromatic rings. The number of hydrogen-bond donors (Lipinski definition) is 2. The van der Waals surface area contributed by atoms with Crippen LogP contribution in [0.25, 0.3) is 11.0 Å². The van der Waals surface area contributed by atoms with Crippen molar-refractivity contribution in [2.75, 3.05) is 7.11 Å². The zero-order valence-corrected chi connectivity index (χ0v) is 9.70. The summed E-state index contributed by atoms with van der Waals surface area (Å²) >= 11 is 5.85. The highest BCUT2D eigenvalue weighted by atomic mass is 35.5. The average molecular weight is 272 g/mol. The molecule has 2 rings (SSSR count). The van der Waals surface area contributed by atoms with Crippen molar-refractivity contribution in [3.8, 4) is 5.75 Å². The molecule has 0 fully saturated rings. The number of nitrogens with zero attached hydrogens (tertiary/aromatic N) is 1. The Hall–Kier alpha value is -2.35. The molecule has 0 bridgehead atoms. The molecule has 1 aromatic carbocycles. The Morgan fingerprint density at radius 3 is 2.33 bits per heavy atom. The summed E-state index contributed by atoms with van der Waals surface area (Å²) in [5, 5.41) is 11.0. The Morgan fingerprint density at radius 2 is 1.83 bits per heavy atom. The fourth-order valence-corrected chi connectivity index (χ4v) is 1.78. The molecular formula is C9H6ClN3O5. The second-order valence-electron chi connectivity index (χ2n) is 3.32. The van der Waals surface area contributed by atoms with E-state index in [1.807, 2.05) is 0 Å². The first-order valence-corrected chi connectivity index (χ1v) is 5.00. The molecule has 0 aliphatic heterocycles.